The first-order chi connectivity index (χ1) is 7.61. The lowest BCUT2D eigenvalue weighted by molar-refractivity contribution is 0.585. The van der Waals surface area contributed by atoms with Crippen molar-refractivity contribution in [1.82, 2.24) is 4.57 Å². The van der Waals surface area contributed by atoms with Crippen LogP contribution < -0.4 is 4.80 Å². The van der Waals surface area contributed by atoms with Crippen LogP contribution >= 0.6 is 11.3 Å². The highest BCUT2D eigenvalue weighted by Gasteiger charge is 2.13. The molecule has 2 aromatic rings. The largest absolute Gasteiger partial charge is 0.314 e. The van der Waals surface area contributed by atoms with Crippen LogP contribution in [0.3, 0.4) is 0 Å². The van der Waals surface area contributed by atoms with Crippen molar-refractivity contribution in [2.24, 2.45) is 0 Å². The minimum atomic E-state index is 0.327. The van der Waals surface area contributed by atoms with Crippen molar-refractivity contribution in [2.75, 3.05) is 0 Å². The van der Waals surface area contributed by atoms with Crippen LogP contribution in [0.25, 0.3) is 11.3 Å². The lowest BCUT2D eigenvalue weighted by Gasteiger charge is -2.13. The van der Waals surface area contributed by atoms with Gasteiger partial charge < -0.3 is 4.57 Å². The molecule has 1 N–H and O–H groups in total. The van der Waals surface area contributed by atoms with Crippen LogP contribution in [-0.2, 0) is 0 Å². The molecule has 0 unspecified atom stereocenters. The molecular formula is C13H16N2S. The third kappa shape index (κ3) is 1.83. The predicted octanol–water partition coefficient (Wildman–Crippen LogP) is 3.59. The number of thiazole rings is 1. The summed E-state index contributed by atoms with van der Waals surface area (Å²) in [5.74, 6) is 0. The average molecular weight is 232 g/mol. The van der Waals surface area contributed by atoms with Crippen LogP contribution in [0.1, 0.15) is 24.8 Å². The van der Waals surface area contributed by atoms with Gasteiger partial charge in [0.05, 0.1) is 5.69 Å². The first kappa shape index (κ1) is 11.1. The Bertz CT molecular complexity index is 535. The van der Waals surface area contributed by atoms with Gasteiger partial charge in [-0.2, -0.15) is 0 Å². The smallest absolute Gasteiger partial charge is 0.182 e. The summed E-state index contributed by atoms with van der Waals surface area (Å²) in [6, 6.07) is 10.6. The van der Waals surface area contributed by atoms with E-state index in [9.17, 15) is 0 Å². The number of rotatable bonds is 2. The van der Waals surface area contributed by atoms with E-state index in [0.29, 0.717) is 10.8 Å². The maximum absolute atomic E-state index is 7.99. The molecule has 1 aromatic heterocycles. The van der Waals surface area contributed by atoms with E-state index in [2.05, 4.69) is 37.5 Å². The molecule has 0 amide bonds. The van der Waals surface area contributed by atoms with Gasteiger partial charge in [0, 0.05) is 10.9 Å². The molecule has 0 spiro atoms. The van der Waals surface area contributed by atoms with Crippen molar-refractivity contribution in [3.8, 4) is 11.3 Å². The van der Waals surface area contributed by atoms with Crippen LogP contribution in [0.4, 0.5) is 0 Å². The van der Waals surface area contributed by atoms with Gasteiger partial charge >= 0.3 is 0 Å². The van der Waals surface area contributed by atoms with Gasteiger partial charge in [-0.05, 0) is 26.3 Å². The van der Waals surface area contributed by atoms with Gasteiger partial charge in [-0.1, -0.05) is 30.3 Å². The fourth-order valence-electron chi connectivity index (χ4n) is 1.94. The summed E-state index contributed by atoms with van der Waals surface area (Å²) in [5.41, 5.74) is 2.38. The zero-order valence-corrected chi connectivity index (χ0v) is 10.6. The van der Waals surface area contributed by atoms with E-state index in [1.54, 1.807) is 11.3 Å². The molecule has 0 atom stereocenters. The summed E-state index contributed by atoms with van der Waals surface area (Å²) in [6.45, 7) is 6.33. The van der Waals surface area contributed by atoms with Crippen molar-refractivity contribution in [1.29, 1.82) is 5.41 Å². The molecule has 1 aromatic carbocycles. The lowest BCUT2D eigenvalue weighted by atomic mass is 10.1. The number of nitrogens with zero attached hydrogens (tertiary/aromatic N) is 1. The maximum atomic E-state index is 7.99. The first-order valence-electron chi connectivity index (χ1n) is 5.43. The highest BCUT2D eigenvalue weighted by Crippen LogP contribution is 2.27. The van der Waals surface area contributed by atoms with E-state index in [0.717, 1.165) is 0 Å². The van der Waals surface area contributed by atoms with E-state index < -0.39 is 0 Å². The molecule has 0 saturated carbocycles. The Morgan fingerprint density at radius 3 is 2.38 bits per heavy atom. The standard InChI is InChI=1S/C13H16N2S/c1-9(2)15-12(10(3)16-13(15)14)11-7-5-4-6-8-11/h4-9,14H,1-3H3. The number of aromatic nitrogens is 1. The van der Waals surface area contributed by atoms with Gasteiger partial charge in [0.15, 0.2) is 4.80 Å². The second kappa shape index (κ2) is 4.26. The predicted molar refractivity (Wildman–Crippen MR) is 68.7 cm³/mol. The van der Waals surface area contributed by atoms with Crippen molar-refractivity contribution >= 4 is 11.3 Å². The van der Waals surface area contributed by atoms with Crippen LogP contribution in [0, 0.1) is 12.3 Å². The van der Waals surface area contributed by atoms with Gasteiger partial charge in [-0.3, -0.25) is 5.41 Å². The van der Waals surface area contributed by atoms with E-state index in [1.165, 1.54) is 16.1 Å². The van der Waals surface area contributed by atoms with E-state index >= 15 is 0 Å². The van der Waals surface area contributed by atoms with Crippen LogP contribution in [0.5, 0.6) is 0 Å². The number of hydrogen-bond donors (Lipinski definition) is 1. The number of benzene rings is 1. The Hall–Kier alpha value is -1.35. The van der Waals surface area contributed by atoms with Gasteiger partial charge in [-0.15, -0.1) is 11.3 Å². The van der Waals surface area contributed by atoms with E-state index in [1.807, 2.05) is 18.2 Å². The first-order valence-corrected chi connectivity index (χ1v) is 6.25. The van der Waals surface area contributed by atoms with Crippen molar-refractivity contribution < 1.29 is 0 Å². The Morgan fingerprint density at radius 2 is 1.81 bits per heavy atom. The fourth-order valence-corrected chi connectivity index (χ4v) is 2.95. The summed E-state index contributed by atoms with van der Waals surface area (Å²) in [5, 5.41) is 7.99. The molecule has 0 fully saturated rings. The van der Waals surface area contributed by atoms with Gasteiger partial charge in [-0.25, -0.2) is 0 Å². The normalized spacial score (nSPS) is 11.0. The molecule has 16 heavy (non-hydrogen) atoms. The monoisotopic (exact) mass is 232 g/mol. The van der Waals surface area contributed by atoms with Crippen molar-refractivity contribution in [3.63, 3.8) is 0 Å². The Labute approximate surface area is 99.7 Å². The topological polar surface area (TPSA) is 28.8 Å². The second-order valence-corrected chi connectivity index (χ2v) is 5.34. The molecule has 1 heterocycles. The average Bonchev–Trinajstić information content (AvgIpc) is 2.55. The van der Waals surface area contributed by atoms with Gasteiger partial charge in [0.2, 0.25) is 0 Å². The van der Waals surface area contributed by atoms with Crippen LogP contribution in [-0.4, -0.2) is 4.57 Å². The lowest BCUT2D eigenvalue weighted by Crippen LogP contribution is -2.16. The molecular weight excluding hydrogens is 216 g/mol. The summed E-state index contributed by atoms with van der Waals surface area (Å²) >= 11 is 1.55. The molecule has 84 valence electrons. The minimum Gasteiger partial charge on any atom is -0.314 e. The van der Waals surface area contributed by atoms with E-state index in [-0.39, 0.29) is 0 Å². The van der Waals surface area contributed by atoms with Crippen LogP contribution in [0.15, 0.2) is 30.3 Å². The molecule has 0 radical (unpaired) electrons. The maximum Gasteiger partial charge on any atom is 0.182 e. The highest BCUT2D eigenvalue weighted by molar-refractivity contribution is 7.09. The van der Waals surface area contributed by atoms with Crippen molar-refractivity contribution in [3.05, 3.63) is 40.0 Å². The second-order valence-electron chi connectivity index (χ2n) is 4.14. The summed E-state index contributed by atoms with van der Waals surface area (Å²) in [7, 11) is 0. The molecule has 0 saturated heterocycles. The molecule has 2 nitrogen and oxygen atoms in total. The molecule has 3 heteroatoms. The molecule has 2 rings (SSSR count). The summed E-state index contributed by atoms with van der Waals surface area (Å²) < 4.78 is 2.09. The van der Waals surface area contributed by atoms with Crippen LogP contribution in [0.2, 0.25) is 0 Å². The molecule has 0 aliphatic carbocycles. The van der Waals surface area contributed by atoms with Gasteiger partial charge in [0.1, 0.15) is 0 Å². The molecule has 0 aliphatic heterocycles. The Balaban J connectivity index is 2.70. The SMILES string of the molecule is Cc1sc(=N)n(C(C)C)c1-c1ccccc1. The van der Waals surface area contributed by atoms with E-state index in [4.69, 9.17) is 5.41 Å². The summed E-state index contributed by atoms with van der Waals surface area (Å²) in [4.78, 5) is 1.84. The minimum absolute atomic E-state index is 0.327. The zero-order chi connectivity index (χ0) is 11.7. The number of aryl methyl sites for hydroxylation is 1. The highest BCUT2D eigenvalue weighted by atomic mass is 32.1. The molecule has 0 aliphatic rings. The third-order valence-corrected chi connectivity index (χ3v) is 3.50. The fraction of sp³-hybridized carbons (Fsp3) is 0.308. The van der Waals surface area contributed by atoms with Gasteiger partial charge in [0.25, 0.3) is 0 Å². The Morgan fingerprint density at radius 1 is 1.19 bits per heavy atom. The van der Waals surface area contributed by atoms with Crippen molar-refractivity contribution in [2.45, 2.75) is 26.8 Å². The number of nitrogens with one attached hydrogen (secondary N) is 1. The quantitative estimate of drug-likeness (QED) is 0.820. The summed E-state index contributed by atoms with van der Waals surface area (Å²) in [6.07, 6.45) is 0. The zero-order valence-electron chi connectivity index (χ0n) is 9.82. The third-order valence-electron chi connectivity index (χ3n) is 2.61. The molecule has 0 bridgehead atoms. The Kier molecular flexibility index (Phi) is 2.97. The number of hydrogen-bond acceptors (Lipinski definition) is 2.